The number of hydrogen-bond acceptors (Lipinski definition) is 4. The van der Waals surface area contributed by atoms with Crippen molar-refractivity contribution in [3.8, 4) is 11.5 Å². The lowest BCUT2D eigenvalue weighted by Gasteiger charge is -2.16. The molecule has 0 saturated heterocycles. The Labute approximate surface area is 147 Å². The van der Waals surface area contributed by atoms with Gasteiger partial charge in [0.25, 0.3) is 5.92 Å². The summed E-state index contributed by atoms with van der Waals surface area (Å²) in [5.74, 6) is -4.18. The molecule has 2 aromatic carbocycles. The van der Waals surface area contributed by atoms with Crippen molar-refractivity contribution in [1.29, 1.82) is 0 Å². The monoisotopic (exact) mass is 382 g/mol. The van der Waals surface area contributed by atoms with Gasteiger partial charge in [-0.2, -0.15) is 0 Å². The summed E-state index contributed by atoms with van der Waals surface area (Å²) >= 11 is 0. The van der Waals surface area contributed by atoms with Gasteiger partial charge in [-0.15, -0.1) is 0 Å². The van der Waals surface area contributed by atoms with Crippen LogP contribution >= 0.6 is 0 Å². The van der Waals surface area contributed by atoms with Crippen molar-refractivity contribution >= 4 is 15.5 Å². The molecule has 0 spiro atoms. The van der Waals surface area contributed by atoms with Gasteiger partial charge >= 0.3 is 0 Å². The summed E-state index contributed by atoms with van der Waals surface area (Å²) in [6, 6.07) is 3.82. The molecule has 0 aromatic heterocycles. The van der Waals surface area contributed by atoms with Crippen molar-refractivity contribution < 1.29 is 26.3 Å². The Hall–Kier alpha value is -2.57. The second-order valence-electron chi connectivity index (χ2n) is 6.00. The summed E-state index contributed by atoms with van der Waals surface area (Å²) in [6.07, 6.45) is 0.105. The zero-order chi connectivity index (χ0) is 19.3. The third-order valence-corrected chi connectivity index (χ3v) is 5.22. The van der Waals surface area contributed by atoms with E-state index in [0.29, 0.717) is 0 Å². The molecule has 26 heavy (non-hydrogen) atoms. The zero-order valence-electron chi connectivity index (χ0n) is 13.5. The molecule has 1 atom stereocenters. The molecule has 1 aliphatic rings. The first-order valence-corrected chi connectivity index (χ1v) is 9.27. The van der Waals surface area contributed by atoms with E-state index in [1.807, 2.05) is 0 Å². The maximum absolute atomic E-state index is 14.1. The molecule has 1 aliphatic carbocycles. The number of fused-ring (bicyclic) bond motifs is 1. The standard InChI is InChI=1S/C17H13F3N2O3S/c1-22-10-5-9(18)6-11(7-10)25-13-3-4-14(26(2,23)24)15-12(13)8-17(19,20)16(15)21/h3-7,16H,8,21H2,2H3/t16-/m1/s1. The molecule has 0 saturated carbocycles. The van der Waals surface area contributed by atoms with Gasteiger partial charge in [0.05, 0.1) is 17.5 Å². The van der Waals surface area contributed by atoms with Crippen molar-refractivity contribution in [2.75, 3.05) is 6.26 Å². The molecule has 0 heterocycles. The molecule has 2 aromatic rings. The van der Waals surface area contributed by atoms with Crippen LogP contribution in [0.5, 0.6) is 11.5 Å². The van der Waals surface area contributed by atoms with Gasteiger partial charge in [0.15, 0.2) is 15.5 Å². The second kappa shape index (κ2) is 6.00. The number of alkyl halides is 2. The van der Waals surface area contributed by atoms with Crippen LogP contribution in [0.4, 0.5) is 18.9 Å². The first-order chi connectivity index (χ1) is 12.0. The number of rotatable bonds is 3. The van der Waals surface area contributed by atoms with Crippen LogP contribution in [0.15, 0.2) is 35.2 Å². The van der Waals surface area contributed by atoms with Crippen LogP contribution in [0.1, 0.15) is 17.2 Å². The van der Waals surface area contributed by atoms with Crippen molar-refractivity contribution in [3.63, 3.8) is 0 Å². The normalized spacial score (nSPS) is 18.2. The minimum absolute atomic E-state index is 0.0218. The Bertz CT molecular complexity index is 1050. The molecule has 0 aliphatic heterocycles. The first kappa shape index (κ1) is 18.2. The fourth-order valence-corrected chi connectivity index (χ4v) is 3.89. The number of halogens is 3. The number of nitrogens with two attached hydrogens (primary N) is 1. The van der Waals surface area contributed by atoms with Crippen LogP contribution < -0.4 is 10.5 Å². The van der Waals surface area contributed by atoms with Gasteiger partial charge in [0, 0.05) is 29.9 Å². The molecule has 0 fully saturated rings. The number of ether oxygens (including phenoxy) is 1. The maximum atomic E-state index is 14.1. The minimum Gasteiger partial charge on any atom is -0.458 e. The molecule has 136 valence electrons. The molecule has 3 rings (SSSR count). The van der Waals surface area contributed by atoms with Gasteiger partial charge in [-0.05, 0) is 24.3 Å². The van der Waals surface area contributed by atoms with E-state index in [1.54, 1.807) is 0 Å². The van der Waals surface area contributed by atoms with E-state index < -0.39 is 34.0 Å². The third kappa shape index (κ3) is 3.13. The molecule has 9 heteroatoms. The minimum atomic E-state index is -3.79. The van der Waals surface area contributed by atoms with E-state index >= 15 is 0 Å². The van der Waals surface area contributed by atoms with Crippen LogP contribution in [0.2, 0.25) is 0 Å². The Morgan fingerprint density at radius 2 is 2.00 bits per heavy atom. The highest BCUT2D eigenvalue weighted by Crippen LogP contribution is 2.48. The van der Waals surface area contributed by atoms with E-state index in [-0.39, 0.29) is 33.2 Å². The smallest absolute Gasteiger partial charge is 0.271 e. The molecule has 5 nitrogen and oxygen atoms in total. The summed E-state index contributed by atoms with van der Waals surface area (Å²) in [5.41, 5.74) is 5.32. The third-order valence-electron chi connectivity index (χ3n) is 4.07. The number of hydrogen-bond donors (Lipinski definition) is 1. The highest BCUT2D eigenvalue weighted by Gasteiger charge is 2.49. The number of benzene rings is 2. The summed E-state index contributed by atoms with van der Waals surface area (Å²) in [4.78, 5) is 2.81. The average Bonchev–Trinajstić information content (AvgIpc) is 2.77. The largest absolute Gasteiger partial charge is 0.458 e. The van der Waals surface area contributed by atoms with Gasteiger partial charge < -0.3 is 10.5 Å². The van der Waals surface area contributed by atoms with Gasteiger partial charge in [-0.1, -0.05) is 0 Å². The first-order valence-electron chi connectivity index (χ1n) is 7.38. The lowest BCUT2D eigenvalue weighted by Crippen LogP contribution is -2.29. The highest BCUT2D eigenvalue weighted by molar-refractivity contribution is 7.90. The molecule has 0 radical (unpaired) electrons. The number of sulfone groups is 1. The Kier molecular flexibility index (Phi) is 4.21. The van der Waals surface area contributed by atoms with Crippen molar-refractivity contribution in [2.24, 2.45) is 5.73 Å². The van der Waals surface area contributed by atoms with Crippen LogP contribution in [-0.2, 0) is 16.3 Å². The predicted molar refractivity (Wildman–Crippen MR) is 87.9 cm³/mol. The molecule has 0 unspecified atom stereocenters. The van der Waals surface area contributed by atoms with Crippen LogP contribution in [0, 0.1) is 12.4 Å². The highest BCUT2D eigenvalue weighted by atomic mass is 32.2. The van der Waals surface area contributed by atoms with Crippen molar-refractivity contribution in [2.45, 2.75) is 23.3 Å². The SMILES string of the molecule is [C-]#[N+]c1cc(F)cc(Oc2ccc(S(C)(=O)=O)c3c2CC(F)(F)[C@@H]3N)c1. The van der Waals surface area contributed by atoms with Crippen molar-refractivity contribution in [3.05, 3.63) is 58.7 Å². The fraction of sp³-hybridized carbons (Fsp3) is 0.235. The van der Waals surface area contributed by atoms with Gasteiger partial charge in [0.1, 0.15) is 17.3 Å². The van der Waals surface area contributed by atoms with E-state index in [9.17, 15) is 21.6 Å². The van der Waals surface area contributed by atoms with Gasteiger partial charge in [0.2, 0.25) is 0 Å². The van der Waals surface area contributed by atoms with Crippen LogP contribution in [0.3, 0.4) is 0 Å². The van der Waals surface area contributed by atoms with E-state index in [4.69, 9.17) is 17.0 Å². The lowest BCUT2D eigenvalue weighted by atomic mass is 10.1. The Balaban J connectivity index is 2.15. The van der Waals surface area contributed by atoms with Crippen LogP contribution in [-0.4, -0.2) is 20.6 Å². The average molecular weight is 382 g/mol. The topological polar surface area (TPSA) is 73.8 Å². The summed E-state index contributed by atoms with van der Waals surface area (Å²) in [6.45, 7) is 6.94. The summed E-state index contributed by atoms with van der Waals surface area (Å²) in [7, 11) is -3.79. The van der Waals surface area contributed by atoms with Gasteiger partial charge in [-0.3, -0.25) is 0 Å². The number of nitrogens with zero attached hydrogens (tertiary/aromatic N) is 1. The summed E-state index contributed by atoms with van der Waals surface area (Å²) < 4.78 is 71.1. The lowest BCUT2D eigenvalue weighted by molar-refractivity contribution is -0.0141. The molecular formula is C17H13F3N2O3S. The molecular weight excluding hydrogens is 369 g/mol. The van der Waals surface area contributed by atoms with Gasteiger partial charge in [-0.25, -0.2) is 26.4 Å². The molecule has 2 N–H and O–H groups in total. The van der Waals surface area contributed by atoms with E-state index in [1.165, 1.54) is 12.1 Å². The fourth-order valence-electron chi connectivity index (χ4n) is 2.92. The van der Waals surface area contributed by atoms with Crippen molar-refractivity contribution in [1.82, 2.24) is 0 Å². The van der Waals surface area contributed by atoms with E-state index in [0.717, 1.165) is 24.5 Å². The Morgan fingerprint density at radius 1 is 1.31 bits per heavy atom. The van der Waals surface area contributed by atoms with E-state index in [2.05, 4.69) is 4.85 Å². The zero-order valence-corrected chi connectivity index (χ0v) is 14.3. The van der Waals surface area contributed by atoms with Crippen LogP contribution in [0.25, 0.3) is 4.85 Å². The molecule has 0 bridgehead atoms. The molecule has 0 amide bonds. The second-order valence-corrected chi connectivity index (χ2v) is 7.98. The quantitative estimate of drug-likeness (QED) is 0.821. The maximum Gasteiger partial charge on any atom is 0.271 e. The predicted octanol–water partition coefficient (Wildman–Crippen LogP) is 3.76. The summed E-state index contributed by atoms with van der Waals surface area (Å²) in [5, 5.41) is 0. The Morgan fingerprint density at radius 3 is 2.62 bits per heavy atom.